The van der Waals surface area contributed by atoms with Crippen LogP contribution in [0.25, 0.3) is 0 Å². The topological polar surface area (TPSA) is 286 Å². The molecule has 2 rings (SSSR count). The summed E-state index contributed by atoms with van der Waals surface area (Å²) >= 11 is 0. The maximum atomic E-state index is 12.5. The number of aliphatic imine (C=N–C) groups is 1. The lowest BCUT2D eigenvalue weighted by Crippen LogP contribution is -2.41. The number of nitriles is 1. The molecule has 2 aromatic heterocycles. The highest BCUT2D eigenvalue weighted by molar-refractivity contribution is 6.05. The second kappa shape index (κ2) is 15.7. The van der Waals surface area contributed by atoms with Gasteiger partial charge in [0.2, 0.25) is 17.8 Å². The Labute approximate surface area is 227 Å². The summed E-state index contributed by atoms with van der Waals surface area (Å²) in [5, 5.41) is 27.8. The Hall–Kier alpha value is -5.47. The molecule has 0 aliphatic heterocycles. The first-order valence-electron chi connectivity index (χ1n) is 11.7. The summed E-state index contributed by atoms with van der Waals surface area (Å²) in [6.07, 6.45) is 6.39. The van der Waals surface area contributed by atoms with Crippen LogP contribution in [-0.2, 0) is 14.4 Å². The van der Waals surface area contributed by atoms with Crippen molar-refractivity contribution >= 4 is 47.2 Å². The van der Waals surface area contributed by atoms with Crippen LogP contribution < -0.4 is 38.2 Å². The van der Waals surface area contributed by atoms with E-state index in [1.54, 1.807) is 17.6 Å². The van der Waals surface area contributed by atoms with Crippen molar-refractivity contribution in [3.05, 3.63) is 48.1 Å². The zero-order valence-electron chi connectivity index (χ0n) is 21.1. The summed E-state index contributed by atoms with van der Waals surface area (Å²) in [4.78, 5) is 69.1. The average Bonchev–Trinajstić information content (AvgIpc) is 3.60. The van der Waals surface area contributed by atoms with E-state index in [1.807, 2.05) is 6.07 Å². The molecule has 2 heterocycles. The number of hydroxylamine groups is 1. The molecule has 0 fully saturated rings. The Bertz CT molecular complexity index is 1310. The second-order valence-corrected chi connectivity index (χ2v) is 8.03. The molecule has 0 aliphatic carbocycles. The van der Waals surface area contributed by atoms with Crippen molar-refractivity contribution in [3.8, 4) is 6.07 Å². The minimum absolute atomic E-state index is 0.00489. The average molecular weight is 556 g/mol. The molecule has 0 saturated carbocycles. The maximum absolute atomic E-state index is 12.5. The standard InChI is InChI=1S/C23H29N11O6/c24-4-2-1-3-13(12-35)30-19(36)7-14(8-25)32-21(38)18-6-16(10-28-18)33-22(39)17-5-15(9-27-17)31-20(37)11-29-23(26)34-40/h1-2,5-6,9-10,12-14,27-28,40H,3-4,7,11,24H2,(H,30,36)(H,31,37)(H,32,38)(H,33,39)(H3,26,29,34)/t13-,14-/m1/s1. The van der Waals surface area contributed by atoms with E-state index < -0.39 is 35.7 Å². The predicted octanol–water partition coefficient (Wildman–Crippen LogP) is -1.57. The number of hydrogen-bond acceptors (Lipinski definition) is 9. The number of rotatable bonds is 14. The fourth-order valence-electron chi connectivity index (χ4n) is 3.09. The van der Waals surface area contributed by atoms with Crippen molar-refractivity contribution in [1.82, 2.24) is 26.1 Å². The van der Waals surface area contributed by atoms with Gasteiger partial charge in [0, 0.05) is 18.9 Å². The van der Waals surface area contributed by atoms with Gasteiger partial charge in [-0.15, -0.1) is 0 Å². The summed E-state index contributed by atoms with van der Waals surface area (Å²) in [5.74, 6) is -2.79. The van der Waals surface area contributed by atoms with Crippen LogP contribution in [0.2, 0.25) is 0 Å². The fraction of sp³-hybridized carbons (Fsp3) is 0.261. The minimum Gasteiger partial charge on any atom is -0.368 e. The van der Waals surface area contributed by atoms with Gasteiger partial charge in [0.15, 0.2) is 0 Å². The van der Waals surface area contributed by atoms with Crippen LogP contribution in [0.4, 0.5) is 11.4 Å². The number of aldehydes is 1. The van der Waals surface area contributed by atoms with Crippen molar-refractivity contribution < 1.29 is 29.2 Å². The van der Waals surface area contributed by atoms with Crippen LogP contribution in [0.15, 0.2) is 41.7 Å². The maximum Gasteiger partial charge on any atom is 0.272 e. The third-order valence-electron chi connectivity index (χ3n) is 4.96. The molecule has 4 amide bonds. The third-order valence-corrected chi connectivity index (χ3v) is 4.96. The van der Waals surface area contributed by atoms with Crippen LogP contribution in [0.1, 0.15) is 33.8 Å². The van der Waals surface area contributed by atoms with E-state index in [-0.39, 0.29) is 54.7 Å². The van der Waals surface area contributed by atoms with Gasteiger partial charge in [-0.25, -0.2) is 10.5 Å². The number of carbonyl (C=O) groups is 5. The van der Waals surface area contributed by atoms with Crippen molar-refractivity contribution in [2.45, 2.75) is 24.9 Å². The Morgan fingerprint density at radius 1 is 1.02 bits per heavy atom. The molecule has 0 spiro atoms. The molecule has 0 aromatic carbocycles. The lowest BCUT2D eigenvalue weighted by molar-refractivity contribution is -0.124. The third kappa shape index (κ3) is 10.1. The van der Waals surface area contributed by atoms with Gasteiger partial charge in [0.05, 0.1) is 29.9 Å². The van der Waals surface area contributed by atoms with Gasteiger partial charge in [-0.1, -0.05) is 12.2 Å². The molecule has 0 saturated heterocycles. The van der Waals surface area contributed by atoms with E-state index in [0.717, 1.165) is 0 Å². The number of hydrogen-bond donors (Lipinski definition) is 10. The fourth-order valence-corrected chi connectivity index (χ4v) is 3.09. The molecule has 212 valence electrons. The number of guanidine groups is 1. The number of H-pyrrole nitrogens is 2. The SMILES string of the molecule is N#C[C@@H](CC(=O)N[C@@H](C=O)CC=CCN)NC(=O)c1cc(NC(=O)c2cc(NC(=O)CN=C(N)NO)c[nH]2)c[nH]1. The van der Waals surface area contributed by atoms with Gasteiger partial charge in [0.1, 0.15) is 30.3 Å². The molecule has 0 bridgehead atoms. The Kier molecular flexibility index (Phi) is 12.1. The van der Waals surface area contributed by atoms with E-state index in [0.29, 0.717) is 6.29 Å². The normalized spacial score (nSPS) is 12.6. The van der Waals surface area contributed by atoms with Crippen LogP contribution >= 0.6 is 0 Å². The predicted molar refractivity (Wildman–Crippen MR) is 142 cm³/mol. The number of carbonyl (C=O) groups excluding carboxylic acids is 5. The number of anilines is 2. The lowest BCUT2D eigenvalue weighted by atomic mass is 10.1. The molecule has 17 nitrogen and oxygen atoms in total. The van der Waals surface area contributed by atoms with Crippen molar-refractivity contribution in [1.29, 1.82) is 5.26 Å². The molecule has 17 heteroatoms. The molecular weight excluding hydrogens is 526 g/mol. The Balaban J connectivity index is 1.89. The highest BCUT2D eigenvalue weighted by Crippen LogP contribution is 2.14. The van der Waals surface area contributed by atoms with Crippen LogP contribution in [0, 0.1) is 11.3 Å². The molecule has 40 heavy (non-hydrogen) atoms. The van der Waals surface area contributed by atoms with E-state index in [4.69, 9.17) is 16.7 Å². The number of aromatic amines is 2. The Morgan fingerprint density at radius 3 is 2.27 bits per heavy atom. The number of amides is 4. The quantitative estimate of drug-likeness (QED) is 0.0420. The van der Waals surface area contributed by atoms with E-state index in [1.165, 1.54) is 24.5 Å². The molecule has 2 atom stereocenters. The van der Waals surface area contributed by atoms with Crippen LogP contribution in [-0.4, -0.2) is 76.2 Å². The molecule has 0 unspecified atom stereocenters. The molecule has 2 aromatic rings. The zero-order valence-corrected chi connectivity index (χ0v) is 21.1. The smallest absolute Gasteiger partial charge is 0.272 e. The summed E-state index contributed by atoms with van der Waals surface area (Å²) in [7, 11) is 0. The lowest BCUT2D eigenvalue weighted by Gasteiger charge is -2.14. The molecule has 0 aliphatic rings. The van der Waals surface area contributed by atoms with E-state index >= 15 is 0 Å². The van der Waals surface area contributed by atoms with Gasteiger partial charge in [-0.3, -0.25) is 24.4 Å². The van der Waals surface area contributed by atoms with Gasteiger partial charge in [0.25, 0.3) is 11.8 Å². The summed E-state index contributed by atoms with van der Waals surface area (Å²) in [6, 6.07) is 2.51. The van der Waals surface area contributed by atoms with Gasteiger partial charge in [-0.05, 0) is 18.6 Å². The van der Waals surface area contributed by atoms with Crippen molar-refractivity contribution in [2.24, 2.45) is 16.5 Å². The Morgan fingerprint density at radius 2 is 1.68 bits per heavy atom. The number of nitrogens with one attached hydrogen (secondary N) is 7. The molecule has 12 N–H and O–H groups in total. The van der Waals surface area contributed by atoms with Crippen molar-refractivity contribution in [3.63, 3.8) is 0 Å². The number of nitrogens with zero attached hydrogens (tertiary/aromatic N) is 2. The summed E-state index contributed by atoms with van der Waals surface area (Å²) in [5.41, 5.74) is 12.7. The largest absolute Gasteiger partial charge is 0.368 e. The van der Waals surface area contributed by atoms with E-state index in [9.17, 15) is 29.2 Å². The van der Waals surface area contributed by atoms with Gasteiger partial charge >= 0.3 is 0 Å². The van der Waals surface area contributed by atoms with E-state index in [2.05, 4.69) is 36.2 Å². The second-order valence-electron chi connectivity index (χ2n) is 8.03. The first-order valence-corrected chi connectivity index (χ1v) is 11.7. The van der Waals surface area contributed by atoms with Crippen molar-refractivity contribution in [2.75, 3.05) is 23.7 Å². The highest BCUT2D eigenvalue weighted by Gasteiger charge is 2.20. The number of aromatic nitrogens is 2. The van der Waals surface area contributed by atoms with Crippen LogP contribution in [0.3, 0.4) is 0 Å². The first-order chi connectivity index (χ1) is 19.2. The molecule has 0 radical (unpaired) electrons. The number of nitrogens with two attached hydrogens (primary N) is 2. The van der Waals surface area contributed by atoms with Gasteiger partial charge < -0.3 is 47.5 Å². The van der Waals surface area contributed by atoms with Gasteiger partial charge in [-0.2, -0.15) is 5.26 Å². The van der Waals surface area contributed by atoms with Crippen LogP contribution in [0.5, 0.6) is 0 Å². The highest BCUT2D eigenvalue weighted by atomic mass is 16.5. The minimum atomic E-state index is -1.18. The zero-order chi connectivity index (χ0) is 29.5. The summed E-state index contributed by atoms with van der Waals surface area (Å²) in [6.45, 7) is -0.0824. The summed E-state index contributed by atoms with van der Waals surface area (Å²) < 4.78 is 0. The first kappa shape index (κ1) is 30.8. The monoisotopic (exact) mass is 555 g/mol. The molecular formula is C23H29N11O6.